The molecule has 0 heterocycles. The van der Waals surface area contributed by atoms with Gasteiger partial charge >= 0.3 is 5.97 Å². The van der Waals surface area contributed by atoms with Crippen molar-refractivity contribution in [3.8, 4) is 5.75 Å². The van der Waals surface area contributed by atoms with Crippen molar-refractivity contribution in [2.45, 2.75) is 83.5 Å². The molecule has 188 valence electrons. The van der Waals surface area contributed by atoms with E-state index < -0.39 is 11.4 Å². The van der Waals surface area contributed by atoms with E-state index in [2.05, 4.69) is 39.0 Å². The lowest BCUT2D eigenvalue weighted by molar-refractivity contribution is -0.140. The lowest BCUT2D eigenvalue weighted by Crippen LogP contribution is -2.34. The Balaban J connectivity index is 1.65. The van der Waals surface area contributed by atoms with Gasteiger partial charge in [-0.15, -0.1) is 0 Å². The lowest BCUT2D eigenvalue weighted by Gasteiger charge is -2.30. The molecule has 1 aliphatic carbocycles. The van der Waals surface area contributed by atoms with E-state index in [4.69, 9.17) is 4.74 Å². The van der Waals surface area contributed by atoms with Crippen LogP contribution in [0, 0.1) is 5.92 Å². The van der Waals surface area contributed by atoms with Crippen molar-refractivity contribution < 1.29 is 14.6 Å². The molecule has 1 atom stereocenters. The molecular formula is C32H42O3. The Morgan fingerprint density at radius 1 is 0.943 bits per heavy atom. The van der Waals surface area contributed by atoms with Crippen molar-refractivity contribution in [2.24, 2.45) is 5.92 Å². The lowest BCUT2D eigenvalue weighted by atomic mass is 9.72. The quantitative estimate of drug-likeness (QED) is 0.221. The normalized spacial score (nSPS) is 20.0. The Hall–Kier alpha value is -2.81. The van der Waals surface area contributed by atoms with Gasteiger partial charge in [0.25, 0.3) is 0 Å². The molecule has 0 saturated carbocycles. The largest absolute Gasteiger partial charge is 0.494 e. The molecule has 3 heteroatoms. The highest BCUT2D eigenvalue weighted by Crippen LogP contribution is 2.38. The zero-order chi connectivity index (χ0) is 25.1. The highest BCUT2D eigenvalue weighted by atomic mass is 16.5. The van der Waals surface area contributed by atoms with Crippen LogP contribution in [-0.4, -0.2) is 17.7 Å². The number of benzene rings is 2. The smallest absolute Gasteiger partial charge is 0.321 e. The van der Waals surface area contributed by atoms with Gasteiger partial charge in [0, 0.05) is 5.92 Å². The van der Waals surface area contributed by atoms with E-state index in [9.17, 15) is 9.90 Å². The number of carboxylic acid groups (broad SMARTS) is 1. The third-order valence-electron chi connectivity index (χ3n) is 7.25. The Morgan fingerprint density at radius 3 is 2.26 bits per heavy atom. The minimum Gasteiger partial charge on any atom is -0.494 e. The molecule has 0 amide bonds. The average molecular weight is 475 g/mol. The summed E-state index contributed by atoms with van der Waals surface area (Å²) in [4.78, 5) is 12.6. The number of allylic oxidation sites excluding steroid dienone is 2. The monoisotopic (exact) mass is 474 g/mol. The summed E-state index contributed by atoms with van der Waals surface area (Å²) in [5.74, 6) is 0.619. The van der Waals surface area contributed by atoms with Crippen LogP contribution in [0.2, 0.25) is 0 Å². The molecule has 0 aromatic heterocycles. The molecule has 0 aliphatic heterocycles. The van der Waals surface area contributed by atoms with Crippen molar-refractivity contribution in [1.82, 2.24) is 0 Å². The summed E-state index contributed by atoms with van der Waals surface area (Å²) >= 11 is 0. The van der Waals surface area contributed by atoms with Crippen molar-refractivity contribution in [2.75, 3.05) is 6.61 Å². The van der Waals surface area contributed by atoms with Crippen LogP contribution < -0.4 is 4.74 Å². The van der Waals surface area contributed by atoms with E-state index in [1.165, 1.54) is 32.1 Å². The number of aliphatic carboxylic acids is 1. The van der Waals surface area contributed by atoms with Crippen molar-refractivity contribution in [1.29, 1.82) is 0 Å². The molecule has 0 bridgehead atoms. The van der Waals surface area contributed by atoms with Crippen LogP contribution in [0.3, 0.4) is 0 Å². The van der Waals surface area contributed by atoms with Gasteiger partial charge in [-0.05, 0) is 47.6 Å². The number of rotatable bonds is 14. The van der Waals surface area contributed by atoms with Crippen molar-refractivity contribution in [3.05, 3.63) is 89.5 Å². The first kappa shape index (κ1) is 26.8. The second-order valence-corrected chi connectivity index (χ2v) is 9.98. The van der Waals surface area contributed by atoms with E-state index in [0.29, 0.717) is 5.92 Å². The molecule has 0 radical (unpaired) electrons. The number of carboxylic acids is 1. The number of hydrogen-bond acceptors (Lipinski definition) is 2. The average Bonchev–Trinajstić information content (AvgIpc) is 2.89. The Kier molecular flexibility index (Phi) is 10.2. The minimum atomic E-state index is -1.12. The Morgan fingerprint density at radius 2 is 1.60 bits per heavy atom. The van der Waals surface area contributed by atoms with E-state index in [0.717, 1.165) is 48.3 Å². The van der Waals surface area contributed by atoms with Gasteiger partial charge in [-0.1, -0.05) is 120 Å². The number of ether oxygens (including phenoxy) is 1. The minimum absolute atomic E-state index is 0.0526. The Bertz CT molecular complexity index is 972. The maximum Gasteiger partial charge on any atom is 0.321 e. The van der Waals surface area contributed by atoms with Crippen LogP contribution in [0.15, 0.2) is 72.8 Å². The molecule has 1 unspecified atom stereocenters. The fourth-order valence-electron chi connectivity index (χ4n) is 4.77. The van der Waals surface area contributed by atoms with Crippen LogP contribution in [0.1, 0.15) is 88.3 Å². The van der Waals surface area contributed by atoms with E-state index in [1.54, 1.807) is 0 Å². The summed E-state index contributed by atoms with van der Waals surface area (Å²) in [6.07, 6.45) is 17.3. The molecule has 3 nitrogen and oxygen atoms in total. The summed E-state index contributed by atoms with van der Waals surface area (Å²) in [6, 6.07) is 16.2. The summed E-state index contributed by atoms with van der Waals surface area (Å²) in [5.41, 5.74) is 2.00. The number of unbranched alkanes of at least 4 members (excludes halogenated alkanes) is 5. The molecular weight excluding hydrogens is 432 g/mol. The van der Waals surface area contributed by atoms with E-state index in [-0.39, 0.29) is 5.92 Å². The number of carbonyl (C=O) groups is 1. The van der Waals surface area contributed by atoms with Crippen LogP contribution in [0.4, 0.5) is 0 Å². The fraction of sp³-hybridized carbons (Fsp3) is 0.469. The Labute approximate surface area is 211 Å². The van der Waals surface area contributed by atoms with Crippen molar-refractivity contribution in [3.63, 3.8) is 0 Å². The maximum atomic E-state index is 12.6. The molecule has 0 spiro atoms. The first-order chi connectivity index (χ1) is 17.0. The number of hydrogen-bond donors (Lipinski definition) is 1. The maximum absolute atomic E-state index is 12.6. The van der Waals surface area contributed by atoms with Crippen LogP contribution in [0.5, 0.6) is 5.75 Å². The van der Waals surface area contributed by atoms with Gasteiger partial charge in [0.1, 0.15) is 11.2 Å². The zero-order valence-electron chi connectivity index (χ0n) is 21.7. The van der Waals surface area contributed by atoms with Gasteiger partial charge in [0.05, 0.1) is 6.61 Å². The van der Waals surface area contributed by atoms with Gasteiger partial charge in [-0.25, -0.2) is 0 Å². The van der Waals surface area contributed by atoms with E-state index >= 15 is 0 Å². The van der Waals surface area contributed by atoms with Gasteiger partial charge in [-0.3, -0.25) is 4.79 Å². The van der Waals surface area contributed by atoms with Crippen LogP contribution in [-0.2, 0) is 16.6 Å². The fourth-order valence-corrected chi connectivity index (χ4v) is 4.77. The second-order valence-electron chi connectivity index (χ2n) is 9.98. The molecule has 2 aromatic carbocycles. The summed E-state index contributed by atoms with van der Waals surface area (Å²) in [5, 5.41) is 10.3. The SMILES string of the molecule is CCCCCCCCOc1ccc(C2C=CC(C(=O)O)(c3ccccc3CC(C)CC)C=C2)cc1. The predicted molar refractivity (Wildman–Crippen MR) is 145 cm³/mol. The third kappa shape index (κ3) is 7.10. The van der Waals surface area contributed by atoms with Gasteiger partial charge in [-0.2, -0.15) is 0 Å². The third-order valence-corrected chi connectivity index (χ3v) is 7.25. The summed E-state index contributed by atoms with van der Waals surface area (Å²) in [6.45, 7) is 7.39. The molecule has 2 aromatic rings. The zero-order valence-corrected chi connectivity index (χ0v) is 21.7. The first-order valence-electron chi connectivity index (χ1n) is 13.4. The molecule has 0 fully saturated rings. The standard InChI is InChI=1S/C32H42O3/c1-4-6-7-8-9-12-23-35-29-17-15-26(16-18-29)27-19-21-32(22-20-27,31(33)34)30-14-11-10-13-28(30)24-25(3)5-2/h10-11,13-22,25,27H,4-9,12,23-24H2,1-3H3,(H,33,34). The molecule has 3 rings (SSSR count). The molecule has 1 aliphatic rings. The van der Waals surface area contributed by atoms with Crippen LogP contribution >= 0.6 is 0 Å². The molecule has 35 heavy (non-hydrogen) atoms. The molecule has 0 saturated heterocycles. The highest BCUT2D eigenvalue weighted by Gasteiger charge is 2.39. The van der Waals surface area contributed by atoms with Gasteiger partial charge in [0.2, 0.25) is 0 Å². The summed E-state index contributed by atoms with van der Waals surface area (Å²) in [7, 11) is 0. The molecule has 1 N–H and O–H groups in total. The second kappa shape index (κ2) is 13.3. The van der Waals surface area contributed by atoms with Gasteiger partial charge in [0.15, 0.2) is 0 Å². The van der Waals surface area contributed by atoms with Gasteiger partial charge < -0.3 is 9.84 Å². The van der Waals surface area contributed by atoms with Crippen LogP contribution in [0.25, 0.3) is 0 Å². The predicted octanol–water partition coefficient (Wildman–Crippen LogP) is 8.25. The first-order valence-corrected chi connectivity index (χ1v) is 13.4. The van der Waals surface area contributed by atoms with E-state index in [1.807, 2.05) is 54.6 Å². The summed E-state index contributed by atoms with van der Waals surface area (Å²) < 4.78 is 5.92. The highest BCUT2D eigenvalue weighted by molar-refractivity contribution is 5.88. The van der Waals surface area contributed by atoms with Crippen molar-refractivity contribution >= 4 is 5.97 Å². The topological polar surface area (TPSA) is 46.5 Å².